The van der Waals surface area contributed by atoms with Crippen LogP contribution in [-0.2, 0) is 0 Å². The first-order valence-electron chi connectivity index (χ1n) is 22.1. The van der Waals surface area contributed by atoms with Gasteiger partial charge in [-0.15, -0.1) is 0 Å². The number of nitrogens with zero attached hydrogens (tertiary/aromatic N) is 8. The van der Waals surface area contributed by atoms with Crippen LogP contribution in [0.15, 0.2) is 206 Å². The minimum atomic E-state index is 0.473. The zero-order valence-corrected chi connectivity index (χ0v) is 36.7. The molecule has 0 unspecified atom stereocenters. The van der Waals surface area contributed by atoms with E-state index < -0.39 is 0 Å². The van der Waals surface area contributed by atoms with Crippen LogP contribution in [-0.4, -0.2) is 19.5 Å². The molecule has 2 aromatic heterocycles. The lowest BCUT2D eigenvalue weighted by Crippen LogP contribution is -2.04. The van der Waals surface area contributed by atoms with Gasteiger partial charge in [-0.2, -0.15) is 10.5 Å². The molecule has 0 aliphatic heterocycles. The molecule has 8 heteroatoms. The molecule has 9 aromatic carbocycles. The third-order valence-electron chi connectivity index (χ3n) is 12.3. The van der Waals surface area contributed by atoms with Gasteiger partial charge >= 0.3 is 0 Å². The van der Waals surface area contributed by atoms with Crippen LogP contribution in [0.3, 0.4) is 0 Å². The van der Waals surface area contributed by atoms with Crippen molar-refractivity contribution in [1.82, 2.24) is 19.5 Å². The van der Waals surface area contributed by atoms with Gasteiger partial charge in [0.25, 0.3) is 0 Å². The van der Waals surface area contributed by atoms with Crippen LogP contribution >= 0.6 is 0 Å². The quantitative estimate of drug-likeness (QED) is 0.142. The largest absolute Gasteiger partial charge is 0.308 e. The summed E-state index contributed by atoms with van der Waals surface area (Å²) in [6, 6.07) is 71.9. The molecule has 0 saturated heterocycles. The van der Waals surface area contributed by atoms with Crippen molar-refractivity contribution in [3.63, 3.8) is 0 Å². The highest BCUT2D eigenvalue weighted by molar-refractivity contribution is 6.13. The molecule has 11 rings (SSSR count). The Bertz CT molecular complexity index is 3730. The molecule has 0 fully saturated rings. The second-order valence-electron chi connectivity index (χ2n) is 16.5. The Kier molecular flexibility index (Phi) is 10.6. The maximum atomic E-state index is 9.95. The van der Waals surface area contributed by atoms with Gasteiger partial charge in [0.15, 0.2) is 28.8 Å². The minimum absolute atomic E-state index is 0.473. The van der Waals surface area contributed by atoms with Crippen molar-refractivity contribution in [3.05, 3.63) is 240 Å². The van der Waals surface area contributed by atoms with Gasteiger partial charge in [0.05, 0.1) is 53.1 Å². The zero-order valence-electron chi connectivity index (χ0n) is 36.7. The monoisotopic (exact) mass is 878 g/mol. The number of hydrogen-bond acceptors (Lipinski definition) is 5. The Morgan fingerprint density at radius 1 is 0.362 bits per heavy atom. The van der Waals surface area contributed by atoms with Gasteiger partial charge in [0.1, 0.15) is 0 Å². The Labute approximate surface area is 398 Å². The van der Waals surface area contributed by atoms with Crippen LogP contribution in [0.5, 0.6) is 0 Å². The summed E-state index contributed by atoms with van der Waals surface area (Å²) in [5.74, 6) is 1.53. The highest BCUT2D eigenvalue weighted by atomic mass is 15.0. The van der Waals surface area contributed by atoms with Crippen molar-refractivity contribution in [2.24, 2.45) is 0 Å². The van der Waals surface area contributed by atoms with E-state index in [0.717, 1.165) is 88.7 Å². The highest BCUT2D eigenvalue weighted by Crippen LogP contribution is 2.45. The van der Waals surface area contributed by atoms with Crippen LogP contribution < -0.4 is 0 Å². The van der Waals surface area contributed by atoms with Crippen molar-refractivity contribution in [2.45, 2.75) is 0 Å². The molecule has 0 amide bonds. The van der Waals surface area contributed by atoms with Crippen molar-refractivity contribution in [1.29, 1.82) is 10.5 Å². The number of rotatable bonds is 8. The van der Waals surface area contributed by atoms with E-state index in [1.807, 2.05) is 152 Å². The van der Waals surface area contributed by atoms with Gasteiger partial charge in [0.2, 0.25) is 0 Å². The lowest BCUT2D eigenvalue weighted by Gasteiger charge is -2.21. The number of nitriles is 2. The standard InChI is InChI=1S/C61H34N8/c1-64-50-27-23-42(24-28-50)53-36-49(61-67-59(43-12-5-3-6-13-43)66-60(68-61)44-14-7-4-8-15-44)35-52(41-21-19-39(37-62)20-22-41)58(53)69-56-29-25-47(45-16-9-11-40(31-45)38-63)33-54(56)55-34-48(26-30-57(55)69)46-17-10-18-51(32-46)65-2/h3-36H. The summed E-state index contributed by atoms with van der Waals surface area (Å²) >= 11 is 0. The molecular formula is C61H34N8. The van der Waals surface area contributed by atoms with E-state index in [4.69, 9.17) is 28.1 Å². The fourth-order valence-electron chi connectivity index (χ4n) is 8.97. The Morgan fingerprint density at radius 2 is 0.812 bits per heavy atom. The van der Waals surface area contributed by atoms with Crippen LogP contribution in [0.1, 0.15) is 11.1 Å². The first-order valence-corrected chi connectivity index (χ1v) is 22.1. The predicted molar refractivity (Wildman–Crippen MR) is 274 cm³/mol. The summed E-state index contributed by atoms with van der Waals surface area (Å²) in [5, 5.41) is 21.7. The lowest BCUT2D eigenvalue weighted by atomic mass is 9.92. The molecule has 0 N–H and O–H groups in total. The molecule has 8 nitrogen and oxygen atoms in total. The minimum Gasteiger partial charge on any atom is -0.308 e. The Balaban J connectivity index is 1.26. The molecular weight excluding hydrogens is 845 g/mol. The SMILES string of the molecule is [C-]#[N+]c1ccc(-c2cc(-c3nc(-c4ccccc4)nc(-c4ccccc4)n3)cc(-c3ccc(C#N)cc3)c2-n2c3ccc(-c4cccc(C#N)c4)cc3c3cc(-c4cccc([N+]#[C-])c4)ccc32)cc1. The molecule has 0 bridgehead atoms. The molecule has 2 heterocycles. The van der Waals surface area contributed by atoms with E-state index >= 15 is 0 Å². The Hall–Kier alpha value is -10.3. The predicted octanol–water partition coefficient (Wildman–Crippen LogP) is 15.5. The molecule has 0 aliphatic rings. The molecule has 0 aliphatic carbocycles. The molecule has 318 valence electrons. The normalized spacial score (nSPS) is 10.8. The third kappa shape index (κ3) is 7.79. The number of hydrogen-bond donors (Lipinski definition) is 0. The van der Waals surface area contributed by atoms with Crippen molar-refractivity contribution in [2.75, 3.05) is 0 Å². The smallest absolute Gasteiger partial charge is 0.187 e. The van der Waals surface area contributed by atoms with E-state index in [0.29, 0.717) is 40.0 Å². The average Bonchev–Trinajstić information content (AvgIpc) is 3.75. The van der Waals surface area contributed by atoms with Crippen LogP contribution in [0, 0.1) is 35.8 Å². The van der Waals surface area contributed by atoms with Crippen molar-refractivity contribution >= 4 is 33.2 Å². The van der Waals surface area contributed by atoms with Crippen molar-refractivity contribution in [3.8, 4) is 96.5 Å². The lowest BCUT2D eigenvalue weighted by molar-refractivity contribution is 1.07. The van der Waals surface area contributed by atoms with E-state index in [2.05, 4.69) is 74.9 Å². The van der Waals surface area contributed by atoms with E-state index in [9.17, 15) is 10.5 Å². The van der Waals surface area contributed by atoms with Gasteiger partial charge in [-0.25, -0.2) is 24.6 Å². The fourth-order valence-corrected chi connectivity index (χ4v) is 8.97. The maximum Gasteiger partial charge on any atom is 0.187 e. The summed E-state index contributed by atoms with van der Waals surface area (Å²) in [6.07, 6.45) is 0. The summed E-state index contributed by atoms with van der Waals surface area (Å²) in [7, 11) is 0. The molecule has 0 radical (unpaired) electrons. The number of aromatic nitrogens is 4. The van der Waals surface area contributed by atoms with Crippen molar-refractivity contribution < 1.29 is 0 Å². The van der Waals surface area contributed by atoms with E-state index in [-0.39, 0.29) is 0 Å². The second kappa shape index (κ2) is 17.6. The van der Waals surface area contributed by atoms with Gasteiger partial charge in [0, 0.05) is 38.6 Å². The maximum absolute atomic E-state index is 9.95. The number of fused-ring (bicyclic) bond motifs is 3. The molecule has 0 saturated carbocycles. The van der Waals surface area contributed by atoms with Crippen LogP contribution in [0.4, 0.5) is 11.4 Å². The zero-order chi connectivity index (χ0) is 46.8. The molecule has 69 heavy (non-hydrogen) atoms. The first-order chi connectivity index (χ1) is 34.0. The average molecular weight is 879 g/mol. The third-order valence-corrected chi connectivity index (χ3v) is 12.3. The topological polar surface area (TPSA) is 99.9 Å². The fraction of sp³-hybridized carbons (Fsp3) is 0. The number of benzene rings is 9. The first kappa shape index (κ1) is 41.5. The summed E-state index contributed by atoms with van der Waals surface area (Å²) in [6.45, 7) is 15.5. The molecule has 0 atom stereocenters. The molecule has 0 spiro atoms. The second-order valence-corrected chi connectivity index (χ2v) is 16.5. The van der Waals surface area contributed by atoms with E-state index in [1.165, 1.54) is 0 Å². The Morgan fingerprint density at radius 3 is 1.33 bits per heavy atom. The summed E-state index contributed by atoms with van der Waals surface area (Å²) in [4.78, 5) is 22.8. The van der Waals surface area contributed by atoms with Crippen LogP contribution in [0.25, 0.3) is 116 Å². The van der Waals surface area contributed by atoms with Crippen LogP contribution in [0.2, 0.25) is 0 Å². The molecule has 11 aromatic rings. The van der Waals surface area contributed by atoms with Gasteiger partial charge < -0.3 is 4.57 Å². The van der Waals surface area contributed by atoms with E-state index in [1.54, 1.807) is 6.07 Å². The van der Waals surface area contributed by atoms with Gasteiger partial charge in [-0.05, 0) is 100 Å². The van der Waals surface area contributed by atoms with Gasteiger partial charge in [-0.1, -0.05) is 140 Å². The van der Waals surface area contributed by atoms with Gasteiger partial charge in [-0.3, -0.25) is 0 Å². The highest BCUT2D eigenvalue weighted by Gasteiger charge is 2.24. The summed E-state index contributed by atoms with van der Waals surface area (Å²) in [5.41, 5.74) is 14.5. The summed E-state index contributed by atoms with van der Waals surface area (Å²) < 4.78 is 2.30.